The van der Waals surface area contributed by atoms with Crippen LogP contribution in [-0.2, 0) is 43.2 Å². The Kier molecular flexibility index (Phi) is 14.6. The number of nitrogens with two attached hydrogens (primary N) is 1. The van der Waals surface area contributed by atoms with Crippen molar-refractivity contribution in [3.63, 3.8) is 0 Å². The first kappa shape index (κ1) is 45.8. The zero-order valence-electron chi connectivity index (χ0n) is 34.8. The Morgan fingerprint density at radius 1 is 0.906 bits per heavy atom. The molecule has 0 saturated carbocycles. The molecule has 6 rings (SSSR count). The van der Waals surface area contributed by atoms with Crippen molar-refractivity contribution in [2.24, 2.45) is 5.73 Å². The number of H-pyrrole nitrogens is 2. The fraction of sp³-hybridized carbons (Fsp3) is 0.295. The highest BCUT2D eigenvalue weighted by molar-refractivity contribution is 5.94. The number of nitrogens with zero attached hydrogens (tertiary/aromatic N) is 2. The number of amides is 5. The van der Waals surface area contributed by atoms with Crippen molar-refractivity contribution in [1.82, 2.24) is 40.7 Å². The summed E-state index contributed by atoms with van der Waals surface area (Å²) in [7, 11) is 1.39. The molecule has 1 aliphatic rings. The van der Waals surface area contributed by atoms with Gasteiger partial charge in [-0.1, -0.05) is 60.7 Å². The number of phenols is 1. The Balaban J connectivity index is 1.23. The summed E-state index contributed by atoms with van der Waals surface area (Å²) in [6.45, 7) is 1.49. The molecule has 1 saturated heterocycles. The van der Waals surface area contributed by atoms with Gasteiger partial charge in [0.1, 0.15) is 35.7 Å². The fourth-order valence-electron chi connectivity index (χ4n) is 7.30. The number of carbonyl (C=O) groups is 5. The number of nitrogens with one attached hydrogen (secondary N) is 6. The minimum atomic E-state index is -1.55. The van der Waals surface area contributed by atoms with Gasteiger partial charge >= 0.3 is 17.7 Å². The minimum Gasteiger partial charge on any atom is -0.508 e. The third-order valence-corrected chi connectivity index (χ3v) is 10.8. The average Bonchev–Trinajstić information content (AvgIpc) is 3.85. The van der Waals surface area contributed by atoms with Crippen molar-refractivity contribution in [3.05, 3.63) is 147 Å². The summed E-state index contributed by atoms with van der Waals surface area (Å²) in [5, 5.41) is 41.7. The number of fused-ring (bicyclic) bond motifs is 1. The van der Waals surface area contributed by atoms with Crippen molar-refractivity contribution in [3.8, 4) is 5.75 Å². The van der Waals surface area contributed by atoms with Crippen LogP contribution in [0.25, 0.3) is 10.9 Å². The van der Waals surface area contributed by atoms with E-state index < -0.39 is 83.5 Å². The van der Waals surface area contributed by atoms with Crippen LogP contribution < -0.4 is 38.2 Å². The Labute approximate surface area is 365 Å². The first-order valence-electron chi connectivity index (χ1n) is 20.2. The molecule has 3 aromatic carbocycles. The fourth-order valence-corrected chi connectivity index (χ4v) is 7.30. The number of aliphatic carboxylic acids is 1. The predicted molar refractivity (Wildman–Crippen MR) is 231 cm³/mol. The molecule has 20 nitrogen and oxygen atoms in total. The van der Waals surface area contributed by atoms with Gasteiger partial charge in [0.25, 0.3) is 5.56 Å². The Morgan fingerprint density at radius 3 is 2.33 bits per heavy atom. The molecule has 11 N–H and O–H groups in total. The van der Waals surface area contributed by atoms with Crippen LogP contribution in [0.3, 0.4) is 0 Å². The number of rotatable bonds is 17. The molecule has 0 spiro atoms. The first-order valence-corrected chi connectivity index (χ1v) is 20.2. The second kappa shape index (κ2) is 20.4. The second-order valence-electron chi connectivity index (χ2n) is 15.4. The van der Waals surface area contributed by atoms with E-state index in [0.717, 1.165) is 33.9 Å². The number of hydrogen-bond acceptors (Lipinski definition) is 11. The molecule has 3 heterocycles. The van der Waals surface area contributed by atoms with E-state index in [1.165, 1.54) is 31.0 Å². The van der Waals surface area contributed by atoms with Crippen LogP contribution in [0.15, 0.2) is 119 Å². The quantitative estimate of drug-likeness (QED) is 0.0610. The summed E-state index contributed by atoms with van der Waals surface area (Å²) in [6.07, 6.45) is 1.07. The number of hydrogen-bond donors (Lipinski definition) is 10. The van der Waals surface area contributed by atoms with Gasteiger partial charge in [0.15, 0.2) is 0 Å². The van der Waals surface area contributed by atoms with Crippen molar-refractivity contribution in [2.45, 2.75) is 75.1 Å². The Hall–Kier alpha value is -7.71. The molecule has 1 fully saturated rings. The normalized spacial score (nSPS) is 17.6. The molecule has 5 amide bonds. The lowest BCUT2D eigenvalue weighted by atomic mass is 10.0. The van der Waals surface area contributed by atoms with Gasteiger partial charge in [-0.05, 0) is 48.2 Å². The lowest BCUT2D eigenvalue weighted by molar-refractivity contribution is -0.139. The molecule has 64 heavy (non-hydrogen) atoms. The largest absolute Gasteiger partial charge is 0.508 e. The number of aromatic hydroxyl groups is 1. The number of carboxylic acid groups (broad SMARTS) is 1. The number of aromatic amines is 2. The number of aromatic nitrogens is 3. The number of para-hydroxylation sites is 1. The van der Waals surface area contributed by atoms with Gasteiger partial charge in [0.2, 0.25) is 23.9 Å². The van der Waals surface area contributed by atoms with Gasteiger partial charge < -0.3 is 56.9 Å². The number of aliphatic hydroxyl groups is 1. The molecule has 7 atom stereocenters. The van der Waals surface area contributed by atoms with E-state index in [1.54, 1.807) is 54.7 Å². The molecule has 7 unspecified atom stereocenters. The monoisotopic (exact) mass is 879 g/mol. The zero-order chi connectivity index (χ0) is 46.1. The van der Waals surface area contributed by atoms with E-state index in [4.69, 9.17) is 10.5 Å². The molecule has 0 aliphatic carbocycles. The van der Waals surface area contributed by atoms with Crippen LogP contribution >= 0.6 is 0 Å². The summed E-state index contributed by atoms with van der Waals surface area (Å²) < 4.78 is 6.71. The second-order valence-corrected chi connectivity index (χ2v) is 15.4. The maximum absolute atomic E-state index is 14.3. The topological polar surface area (TPSA) is 303 Å². The molecule has 20 heteroatoms. The number of ether oxygens (including phenoxy) is 1. The number of urea groups is 1. The molecular formula is C44H49N9O11. The number of aliphatic hydroxyl groups excluding tert-OH is 1. The molecule has 0 bridgehead atoms. The maximum Gasteiger partial charge on any atom is 0.331 e. The van der Waals surface area contributed by atoms with E-state index in [-0.39, 0.29) is 37.2 Å². The Morgan fingerprint density at radius 2 is 1.61 bits per heavy atom. The van der Waals surface area contributed by atoms with Crippen LogP contribution in [0.4, 0.5) is 4.79 Å². The smallest absolute Gasteiger partial charge is 0.331 e. The molecular weight excluding hydrogens is 831 g/mol. The van der Waals surface area contributed by atoms with Crippen LogP contribution in [0, 0.1) is 0 Å². The summed E-state index contributed by atoms with van der Waals surface area (Å²) in [6, 6.07) is 15.5. The summed E-state index contributed by atoms with van der Waals surface area (Å²) in [4.78, 5) is 98.5. The van der Waals surface area contributed by atoms with Crippen LogP contribution in [0.5, 0.6) is 5.75 Å². The number of benzene rings is 3. The number of phenolic OH excluding ortho intramolecular Hbond substituents is 1. The lowest BCUT2D eigenvalue weighted by Crippen LogP contribution is -2.62. The third-order valence-electron chi connectivity index (χ3n) is 10.8. The van der Waals surface area contributed by atoms with Gasteiger partial charge in [-0.3, -0.25) is 28.7 Å². The first-order chi connectivity index (χ1) is 30.6. The number of carbonyl (C=O) groups excluding carboxylic acids is 4. The SMILES string of the molecule is CC(C(NC(=O)C(Cc1ccccc1)NC(=O)NC(Cc1c[nH]c2ccccc12)C(=O)O)C(=O)N/C=C1/CC(O)C(n2ccc(=O)[nH]c2=O)O1)N(C)C(=O)C(N)Cc1cccc(O)c1. The van der Waals surface area contributed by atoms with Crippen LogP contribution in [0.1, 0.15) is 36.3 Å². The molecule has 336 valence electrons. The standard InChI is InChI=1S/C44H49N9O11/c1-24(52(2)40(59)31(45)18-26-11-8-12-28(54)17-26)37(39(58)47-23-29-21-35(55)41(64-29)53-16-15-36(56)50-44(53)63)51-38(57)33(19-25-9-4-3-5-10-25)48-43(62)49-34(42(60)61)20-27-22-46-32-14-7-6-13-30(27)32/h3-17,22-24,31,33-35,37,41,46,54-55H,18-21,45H2,1-2H3,(H,47,58)(H,51,57)(H,60,61)(H2,48,49,62)(H,50,56,63)/b29-23-. The minimum absolute atomic E-state index is 0.0225. The van der Waals surface area contributed by atoms with Crippen molar-refractivity contribution >= 4 is 40.6 Å². The van der Waals surface area contributed by atoms with E-state index in [2.05, 4.69) is 31.2 Å². The average molecular weight is 880 g/mol. The predicted octanol–water partition coefficient (Wildman–Crippen LogP) is 0.469. The highest BCUT2D eigenvalue weighted by atomic mass is 16.5. The molecule has 1 aliphatic heterocycles. The zero-order valence-corrected chi connectivity index (χ0v) is 34.8. The van der Waals surface area contributed by atoms with Crippen molar-refractivity contribution < 1.29 is 44.0 Å². The van der Waals surface area contributed by atoms with Gasteiger partial charge in [0, 0.05) is 61.9 Å². The van der Waals surface area contributed by atoms with Gasteiger partial charge in [-0.15, -0.1) is 0 Å². The summed E-state index contributed by atoms with van der Waals surface area (Å²) in [5.74, 6) is -3.69. The van der Waals surface area contributed by atoms with E-state index in [1.807, 2.05) is 18.2 Å². The van der Waals surface area contributed by atoms with Crippen molar-refractivity contribution in [2.75, 3.05) is 7.05 Å². The Bertz CT molecular complexity index is 2640. The third kappa shape index (κ3) is 11.4. The van der Waals surface area contributed by atoms with E-state index in [9.17, 15) is 48.9 Å². The van der Waals surface area contributed by atoms with E-state index >= 15 is 0 Å². The number of carboxylic acids is 1. The molecule has 5 aromatic rings. The summed E-state index contributed by atoms with van der Waals surface area (Å²) >= 11 is 0. The van der Waals surface area contributed by atoms with Gasteiger partial charge in [-0.2, -0.15) is 0 Å². The van der Waals surface area contributed by atoms with Crippen LogP contribution in [-0.4, -0.2) is 108 Å². The molecule has 2 aromatic heterocycles. The lowest BCUT2D eigenvalue weighted by Gasteiger charge is -2.34. The highest BCUT2D eigenvalue weighted by Crippen LogP contribution is 2.30. The van der Waals surface area contributed by atoms with Gasteiger partial charge in [0.05, 0.1) is 12.1 Å². The highest BCUT2D eigenvalue weighted by Gasteiger charge is 2.37. The van der Waals surface area contributed by atoms with E-state index in [0.29, 0.717) is 16.7 Å². The van der Waals surface area contributed by atoms with Crippen molar-refractivity contribution in [1.29, 1.82) is 0 Å². The molecule has 0 radical (unpaired) electrons. The van der Waals surface area contributed by atoms with Gasteiger partial charge in [-0.25, -0.2) is 14.4 Å². The number of likely N-dealkylation sites (N-methyl/N-ethyl adjacent to an activating group) is 1. The summed E-state index contributed by atoms with van der Waals surface area (Å²) in [5.41, 5.74) is 7.41. The van der Waals surface area contributed by atoms with Crippen LogP contribution in [0.2, 0.25) is 0 Å². The maximum atomic E-state index is 14.3.